The summed E-state index contributed by atoms with van der Waals surface area (Å²) in [5.41, 5.74) is 1.02. The van der Waals surface area contributed by atoms with Gasteiger partial charge in [0.05, 0.1) is 0 Å². The molecule has 0 aliphatic carbocycles. The van der Waals surface area contributed by atoms with Crippen LogP contribution in [0.15, 0.2) is 29.5 Å². The normalized spacial score (nSPS) is 10.7. The molecule has 4 nitrogen and oxygen atoms in total. The van der Waals surface area contributed by atoms with Crippen LogP contribution in [0.2, 0.25) is 0 Å². The Morgan fingerprint density at radius 1 is 1.40 bits per heavy atom. The Morgan fingerprint density at radius 3 is 2.80 bits per heavy atom. The maximum absolute atomic E-state index is 10.2. The van der Waals surface area contributed by atoms with Gasteiger partial charge < -0.3 is 5.11 Å². The molecule has 0 spiro atoms. The third kappa shape index (κ3) is 5.57. The molecule has 4 heteroatoms. The van der Waals surface area contributed by atoms with Gasteiger partial charge in [0.25, 0.3) is 0 Å². The number of aromatic nitrogens is 1. The van der Waals surface area contributed by atoms with Gasteiger partial charge in [-0.3, -0.25) is 14.8 Å². The first-order chi connectivity index (χ1) is 7.29. The van der Waals surface area contributed by atoms with E-state index in [0.717, 1.165) is 12.0 Å². The summed E-state index contributed by atoms with van der Waals surface area (Å²) in [6, 6.07) is 3.75. The maximum atomic E-state index is 10.2. The van der Waals surface area contributed by atoms with E-state index in [-0.39, 0.29) is 6.42 Å². The molecule has 0 atom stereocenters. The molecular formula is C11H14N2O2. The van der Waals surface area contributed by atoms with Crippen LogP contribution in [0.4, 0.5) is 0 Å². The lowest BCUT2D eigenvalue weighted by molar-refractivity contribution is -0.137. The van der Waals surface area contributed by atoms with Gasteiger partial charge in [-0.05, 0) is 30.5 Å². The third-order valence-corrected chi connectivity index (χ3v) is 1.87. The van der Waals surface area contributed by atoms with Crippen molar-refractivity contribution in [2.45, 2.75) is 19.3 Å². The van der Waals surface area contributed by atoms with Crippen molar-refractivity contribution in [3.8, 4) is 0 Å². The van der Waals surface area contributed by atoms with Crippen LogP contribution < -0.4 is 0 Å². The topological polar surface area (TPSA) is 62.5 Å². The van der Waals surface area contributed by atoms with Crippen LogP contribution in [0.1, 0.15) is 24.8 Å². The van der Waals surface area contributed by atoms with Crippen LogP contribution in [-0.4, -0.2) is 28.8 Å². The van der Waals surface area contributed by atoms with E-state index in [0.29, 0.717) is 13.0 Å². The van der Waals surface area contributed by atoms with Crippen LogP contribution >= 0.6 is 0 Å². The molecule has 1 N–H and O–H groups in total. The van der Waals surface area contributed by atoms with Crippen molar-refractivity contribution in [2.24, 2.45) is 4.99 Å². The highest BCUT2D eigenvalue weighted by molar-refractivity contribution is 5.79. The summed E-state index contributed by atoms with van der Waals surface area (Å²) < 4.78 is 0. The minimum absolute atomic E-state index is 0.227. The van der Waals surface area contributed by atoms with Crippen LogP contribution in [0.3, 0.4) is 0 Å². The lowest BCUT2D eigenvalue weighted by atomic mass is 10.2. The van der Waals surface area contributed by atoms with Crippen molar-refractivity contribution in [3.05, 3.63) is 30.1 Å². The number of aliphatic imine (C=N–C) groups is 1. The Labute approximate surface area is 88.7 Å². The fraction of sp³-hybridized carbons (Fsp3) is 0.364. The van der Waals surface area contributed by atoms with E-state index < -0.39 is 5.97 Å². The number of hydrogen-bond donors (Lipinski definition) is 1. The molecule has 0 amide bonds. The second kappa shape index (κ2) is 6.70. The third-order valence-electron chi connectivity index (χ3n) is 1.87. The number of rotatable bonds is 6. The fourth-order valence-corrected chi connectivity index (χ4v) is 1.10. The average Bonchev–Trinajstić information content (AvgIpc) is 2.24. The predicted octanol–water partition coefficient (Wildman–Crippen LogP) is 1.76. The van der Waals surface area contributed by atoms with Gasteiger partial charge in [-0.1, -0.05) is 0 Å². The van der Waals surface area contributed by atoms with Gasteiger partial charge in [0, 0.05) is 31.6 Å². The van der Waals surface area contributed by atoms with Crippen LogP contribution in [-0.2, 0) is 4.79 Å². The molecule has 1 rings (SSSR count). The second-order valence-corrected chi connectivity index (χ2v) is 3.17. The van der Waals surface area contributed by atoms with E-state index in [1.165, 1.54) is 0 Å². The summed E-state index contributed by atoms with van der Waals surface area (Å²) in [7, 11) is 0. The zero-order valence-electron chi connectivity index (χ0n) is 8.47. The zero-order chi connectivity index (χ0) is 10.9. The molecule has 0 aromatic carbocycles. The number of carbonyl (C=O) groups is 1. The largest absolute Gasteiger partial charge is 0.481 e. The second-order valence-electron chi connectivity index (χ2n) is 3.17. The molecule has 80 valence electrons. The molecule has 0 fully saturated rings. The smallest absolute Gasteiger partial charge is 0.303 e. The molecule has 1 heterocycles. The highest BCUT2D eigenvalue weighted by atomic mass is 16.4. The fourth-order valence-electron chi connectivity index (χ4n) is 1.10. The maximum Gasteiger partial charge on any atom is 0.303 e. The first kappa shape index (κ1) is 11.4. The zero-order valence-corrected chi connectivity index (χ0v) is 8.47. The molecule has 0 saturated heterocycles. The number of unbranched alkanes of at least 4 members (excludes halogenated alkanes) is 1. The van der Waals surface area contributed by atoms with Crippen molar-refractivity contribution in [3.63, 3.8) is 0 Å². The molecule has 1 aromatic heterocycles. The highest BCUT2D eigenvalue weighted by Gasteiger charge is 1.94. The first-order valence-electron chi connectivity index (χ1n) is 4.90. The molecule has 0 unspecified atom stereocenters. The van der Waals surface area contributed by atoms with Crippen molar-refractivity contribution in [1.82, 2.24) is 4.98 Å². The van der Waals surface area contributed by atoms with Gasteiger partial charge in [-0.2, -0.15) is 0 Å². The Balaban J connectivity index is 2.15. The summed E-state index contributed by atoms with van der Waals surface area (Å²) in [6.45, 7) is 0.676. The quantitative estimate of drug-likeness (QED) is 0.569. The monoisotopic (exact) mass is 206 g/mol. The molecule has 0 saturated carbocycles. The van der Waals surface area contributed by atoms with Gasteiger partial charge in [0.2, 0.25) is 0 Å². The predicted molar refractivity (Wildman–Crippen MR) is 58.2 cm³/mol. The van der Waals surface area contributed by atoms with E-state index in [1.807, 2.05) is 12.1 Å². The molecule has 1 aromatic rings. The highest BCUT2D eigenvalue weighted by Crippen LogP contribution is 1.96. The molecule has 0 aliphatic heterocycles. The van der Waals surface area contributed by atoms with Crippen LogP contribution in [0.25, 0.3) is 0 Å². The van der Waals surface area contributed by atoms with Crippen molar-refractivity contribution in [2.75, 3.05) is 6.54 Å². The van der Waals surface area contributed by atoms with Crippen molar-refractivity contribution in [1.29, 1.82) is 0 Å². The van der Waals surface area contributed by atoms with Gasteiger partial charge >= 0.3 is 5.97 Å². The Bertz CT molecular complexity index is 323. The Hall–Kier alpha value is -1.71. The summed E-state index contributed by atoms with van der Waals surface area (Å²) in [5.74, 6) is -0.742. The molecule has 0 radical (unpaired) electrons. The lowest BCUT2D eigenvalue weighted by Crippen LogP contribution is -1.94. The minimum Gasteiger partial charge on any atom is -0.481 e. The summed E-state index contributed by atoms with van der Waals surface area (Å²) in [6.07, 6.45) is 6.93. The van der Waals surface area contributed by atoms with Crippen molar-refractivity contribution < 1.29 is 9.90 Å². The van der Waals surface area contributed by atoms with Crippen LogP contribution in [0, 0.1) is 0 Å². The van der Waals surface area contributed by atoms with Gasteiger partial charge in [0.1, 0.15) is 0 Å². The number of nitrogens with zero attached hydrogens (tertiary/aromatic N) is 2. The molecular weight excluding hydrogens is 192 g/mol. The van der Waals surface area contributed by atoms with Gasteiger partial charge in [-0.15, -0.1) is 0 Å². The minimum atomic E-state index is -0.742. The summed E-state index contributed by atoms with van der Waals surface area (Å²) in [4.78, 5) is 18.3. The van der Waals surface area contributed by atoms with E-state index in [9.17, 15) is 4.79 Å². The van der Waals surface area contributed by atoms with E-state index >= 15 is 0 Å². The average molecular weight is 206 g/mol. The number of hydrogen-bond acceptors (Lipinski definition) is 3. The standard InChI is InChI=1S/C11H14N2O2/c14-11(15)3-1-2-6-13-9-10-4-7-12-8-5-10/h4-5,7-9H,1-3,6H2,(H,14,15). The van der Waals surface area contributed by atoms with Gasteiger partial charge in [-0.25, -0.2) is 0 Å². The molecule has 0 aliphatic rings. The Kier molecular flexibility index (Phi) is 5.08. The first-order valence-corrected chi connectivity index (χ1v) is 4.90. The SMILES string of the molecule is O=C(O)CCCCN=Cc1ccncc1. The Morgan fingerprint density at radius 2 is 2.13 bits per heavy atom. The summed E-state index contributed by atoms with van der Waals surface area (Å²) in [5, 5.41) is 8.40. The lowest BCUT2D eigenvalue weighted by Gasteiger charge is -1.94. The van der Waals surface area contributed by atoms with Crippen LogP contribution in [0.5, 0.6) is 0 Å². The number of carboxylic acid groups (broad SMARTS) is 1. The number of carboxylic acids is 1. The van der Waals surface area contributed by atoms with Crippen molar-refractivity contribution >= 4 is 12.2 Å². The molecule has 0 bridgehead atoms. The molecule has 15 heavy (non-hydrogen) atoms. The van der Waals surface area contributed by atoms with E-state index in [4.69, 9.17) is 5.11 Å². The number of aliphatic carboxylic acids is 1. The van der Waals surface area contributed by atoms with Gasteiger partial charge in [0.15, 0.2) is 0 Å². The number of pyridine rings is 1. The summed E-state index contributed by atoms with van der Waals surface area (Å²) >= 11 is 0. The van der Waals surface area contributed by atoms with E-state index in [1.54, 1.807) is 18.6 Å². The van der Waals surface area contributed by atoms with E-state index in [2.05, 4.69) is 9.98 Å².